The van der Waals surface area contributed by atoms with Crippen LogP contribution in [0.5, 0.6) is 0 Å². The Morgan fingerprint density at radius 3 is 1.15 bits per heavy atom. The number of carbonyl (C=O) groups excluding carboxylic acids is 4. The Kier molecular flexibility index (Phi) is 45.6. The van der Waals surface area contributed by atoms with E-state index in [0.717, 1.165) is 110 Å². The molecule has 0 saturated carbocycles. The van der Waals surface area contributed by atoms with Gasteiger partial charge in [-0.1, -0.05) is 302 Å². The minimum atomic E-state index is -0.984. The van der Waals surface area contributed by atoms with E-state index in [1.54, 1.807) is 17.0 Å². The molecule has 3 N–H and O–H groups in total. The van der Waals surface area contributed by atoms with Crippen LogP contribution >= 0.6 is 10.0 Å². The second-order valence-corrected chi connectivity index (χ2v) is 35.8. The zero-order valence-electron chi connectivity index (χ0n) is 66.9. The number of aromatic nitrogens is 4. The van der Waals surface area contributed by atoms with Gasteiger partial charge in [0.2, 0.25) is 23.5 Å². The molecule has 0 aliphatic rings. The highest BCUT2D eigenvalue weighted by Crippen LogP contribution is 2.32. The summed E-state index contributed by atoms with van der Waals surface area (Å²) in [6.07, 6.45) is 6.00. The number of nitriles is 2. The largest absolute Gasteiger partial charge is 0.480 e. The summed E-state index contributed by atoms with van der Waals surface area (Å²) in [5, 5.41) is 57.1. The first-order chi connectivity index (χ1) is 53.4. The third kappa shape index (κ3) is 31.7. The Balaban J connectivity index is 0.000000399. The third-order valence-corrected chi connectivity index (χ3v) is 24.5. The molecule has 0 radical (unpaired) electrons. The Morgan fingerprint density at radius 2 is 0.848 bits per heavy atom. The van der Waals surface area contributed by atoms with E-state index in [-0.39, 0.29) is 62.6 Å². The van der Waals surface area contributed by atoms with Crippen LogP contribution in [0.3, 0.4) is 0 Å². The molecule has 24 heteroatoms. The Morgan fingerprint density at radius 1 is 0.500 bits per heavy atom. The van der Waals surface area contributed by atoms with Gasteiger partial charge in [0.15, 0.2) is 0 Å². The number of nitrogens with one attached hydrogen (secondary N) is 1. The highest BCUT2D eigenvalue weighted by molar-refractivity contribution is 7.06. The molecule has 21 nitrogen and oxygen atoms in total. The average Bonchev–Trinajstić information content (AvgIpc) is 1.32. The van der Waals surface area contributed by atoms with Crippen molar-refractivity contribution in [1.82, 2.24) is 35.3 Å². The average molecular weight is 1570 g/mol. The molecule has 1 heterocycles. The Hall–Kier alpha value is -9.93. The van der Waals surface area contributed by atoms with Crippen LogP contribution in [0.15, 0.2) is 180 Å². The summed E-state index contributed by atoms with van der Waals surface area (Å²) in [5.74, 6) is -2.64. The molecule has 7 aromatic carbocycles. The third-order valence-electron chi connectivity index (χ3n) is 18.6. The van der Waals surface area contributed by atoms with Crippen LogP contribution in [0.1, 0.15) is 189 Å². The predicted octanol–water partition coefficient (Wildman–Crippen LogP) is 20.7. The summed E-state index contributed by atoms with van der Waals surface area (Å²) in [5.41, 5.74) is 19.1. The van der Waals surface area contributed by atoms with Gasteiger partial charge >= 0.3 is 45.5 Å². The molecule has 8 rings (SSSR count). The first kappa shape index (κ1) is 96.3. The maximum atomic E-state index is 13.3. The van der Waals surface area contributed by atoms with Gasteiger partial charge in [-0.3, -0.25) is 24.4 Å². The number of nitrogens with zero attached hydrogens (tertiary/aromatic N) is 11. The molecule has 1 aromatic heterocycles. The second-order valence-electron chi connectivity index (χ2n) is 28.0. The summed E-state index contributed by atoms with van der Waals surface area (Å²) in [7, 11) is 5.79. The van der Waals surface area contributed by atoms with Crippen molar-refractivity contribution < 1.29 is 43.7 Å². The molecule has 8 aromatic rings. The number of ether oxygens (including phenoxy) is 1. The van der Waals surface area contributed by atoms with Crippen LogP contribution in [-0.4, -0.2) is 127 Å². The second kappa shape index (κ2) is 53.1. The summed E-state index contributed by atoms with van der Waals surface area (Å²) in [4.78, 5) is 83.3. The van der Waals surface area contributed by atoms with Crippen molar-refractivity contribution in [2.75, 3.05) is 0 Å². The van der Waals surface area contributed by atoms with Crippen LogP contribution in [0.4, 0.5) is 0 Å². The number of carbonyl (C=O) groups is 6. The molecular weight excluding hydrogens is 1460 g/mol. The molecule has 0 spiro atoms. The van der Waals surface area contributed by atoms with E-state index >= 15 is 0 Å². The number of halogens is 1. The van der Waals surface area contributed by atoms with Crippen LogP contribution in [0, 0.1) is 40.4 Å². The van der Waals surface area contributed by atoms with Gasteiger partial charge in [0.1, 0.15) is 24.7 Å². The molecular formula is C88H115Al2ClN12O9. The van der Waals surface area contributed by atoms with Crippen LogP contribution in [0.25, 0.3) is 55.2 Å². The van der Waals surface area contributed by atoms with Gasteiger partial charge < -0.3 is 29.6 Å². The number of esters is 1. The number of benzene rings is 7. The van der Waals surface area contributed by atoms with E-state index in [4.69, 9.17) is 20.3 Å². The fraction of sp³-hybridized carbons (Fsp3) is 0.420. The van der Waals surface area contributed by atoms with E-state index in [2.05, 4.69) is 69.5 Å². The van der Waals surface area contributed by atoms with Crippen molar-refractivity contribution in [2.45, 2.75) is 221 Å². The summed E-state index contributed by atoms with van der Waals surface area (Å²) >= 11 is -1.67. The molecule has 0 aliphatic carbocycles. The number of aromatic amines is 1. The van der Waals surface area contributed by atoms with Gasteiger partial charge in [-0.15, -0.1) is 10.2 Å². The molecule has 0 saturated heterocycles. The monoisotopic (exact) mass is 1570 g/mol. The van der Waals surface area contributed by atoms with E-state index in [0.29, 0.717) is 42.8 Å². The SMILES string of the molecule is C.CCCCC(=O)N(Cc1ccc(-c2ccccc2-c2nn[nH]n2)cc1)[C@H](C(=O)O)C(C)C.CCCCC(=O)N(Cc1ccc(-c2ccccc2C#N)cc1)[C@H](C(=O)O)C(C)C.CCCCC(=O)N(Cc1ccc(-c2ccccc2C#N)cc1)[C@H](C(=O)OCc1ccccc1)C(C)C.C[CH2][Al]([CH2]C)[N]=[N+]=[N-].C[CH2][Al]([Cl])[CH2]C. The highest BCUT2D eigenvalue weighted by atomic mass is 35.6. The lowest BCUT2D eigenvalue weighted by atomic mass is 9.97. The van der Waals surface area contributed by atoms with Crippen molar-refractivity contribution in [3.8, 4) is 56.9 Å². The van der Waals surface area contributed by atoms with Gasteiger partial charge in [0.25, 0.3) is 0 Å². The van der Waals surface area contributed by atoms with Crippen molar-refractivity contribution >= 4 is 73.3 Å². The molecule has 0 aliphatic heterocycles. The lowest BCUT2D eigenvalue weighted by Crippen LogP contribution is -2.48. The van der Waals surface area contributed by atoms with Crippen LogP contribution in [0.2, 0.25) is 21.1 Å². The molecule has 3 amide bonds. The number of hydrogen-bond acceptors (Lipinski definition) is 13. The van der Waals surface area contributed by atoms with Crippen molar-refractivity contribution in [1.29, 1.82) is 10.5 Å². The topological polar surface area (TPSA) is 313 Å². The maximum absolute atomic E-state index is 13.3. The first-order valence-corrected chi connectivity index (χ1v) is 44.2. The molecule has 3 atom stereocenters. The number of aliphatic carboxylic acids is 2. The van der Waals surface area contributed by atoms with Gasteiger partial charge in [-0.05, 0) is 120 Å². The molecule has 112 heavy (non-hydrogen) atoms. The number of unbranched alkanes of at least 4 members (excludes halogenated alkanes) is 3. The highest BCUT2D eigenvalue weighted by Gasteiger charge is 2.36. The van der Waals surface area contributed by atoms with Crippen molar-refractivity contribution in [2.24, 2.45) is 21.9 Å². The first-order valence-electron chi connectivity index (χ1n) is 38.7. The van der Waals surface area contributed by atoms with Crippen molar-refractivity contribution in [3.63, 3.8) is 0 Å². The number of carboxylic acid groups (broad SMARTS) is 2. The lowest BCUT2D eigenvalue weighted by Gasteiger charge is -2.33. The van der Waals surface area contributed by atoms with E-state index in [1.807, 2.05) is 226 Å². The van der Waals surface area contributed by atoms with E-state index < -0.39 is 63.6 Å². The van der Waals surface area contributed by atoms with E-state index in [1.165, 1.54) is 20.4 Å². The zero-order valence-corrected chi connectivity index (χ0v) is 70.0. The predicted molar refractivity (Wildman–Crippen MR) is 451 cm³/mol. The van der Waals surface area contributed by atoms with Crippen LogP contribution < -0.4 is 0 Å². The van der Waals surface area contributed by atoms with Gasteiger partial charge in [0.05, 0.1) is 23.3 Å². The standard InChI is InChI=1S/C31H34N2O3.C24H29N5O3.C24H28N2O3.4C2H5.CH4.2Al.ClH.N3/c1-4-5-15-29(34)33(30(23(2)3)31(35)36-22-25-11-7-6-8-12-25)21-24-16-18-26(19-17-24)28-14-10-9-13-27(28)20-32;1-4-5-10-21(30)29(22(16(2)3)24(31)32)15-17-11-13-18(14-12-17)19-8-6-7-9-20(19)23-25-27-28-26-23;1-4-5-10-22(27)26(23(17(2)3)24(28)29)16-18-11-13-19(14-12-18)21-9-7-6-8-20(21)15-25;4*1-2;;;;;1-3-2/h6-14,16-19,23,30H,4-5,15,21-22H2,1-3H3;6-9,11-14,16,22H,4-5,10,15H2,1-3H3,(H,31,32)(H,25,26,27,28);6-9,11-14,17,23H,4-5,10,16H2,1-3H3,(H,28,29);4*1H2,2H3;1H4;;;1H;/q;;;;;;;;2*+1;;-1/p-1/t30-;22-;23-;;;;;;;;;/m000........./s1. The summed E-state index contributed by atoms with van der Waals surface area (Å²) in [6.45, 7) is 26.7. The number of tetrazole rings is 1. The fourth-order valence-electron chi connectivity index (χ4n) is 12.2. The number of azide groups is 1. The molecule has 0 unspecified atom stereocenters. The minimum absolute atomic E-state index is 0. The smallest absolute Gasteiger partial charge is 0.399 e. The Bertz CT molecular complexity index is 4260. The summed E-state index contributed by atoms with van der Waals surface area (Å²) in [6, 6.07) is 57.4. The van der Waals surface area contributed by atoms with Gasteiger partial charge in [-0.2, -0.15) is 15.7 Å². The van der Waals surface area contributed by atoms with Crippen molar-refractivity contribution in [3.05, 3.63) is 220 Å². The minimum Gasteiger partial charge on any atom is -0.480 e. The van der Waals surface area contributed by atoms with Crippen LogP contribution in [-0.2, 0) is 59.7 Å². The fourth-order valence-corrected chi connectivity index (χ4v) is 13.8. The van der Waals surface area contributed by atoms with Gasteiger partial charge in [0, 0.05) is 44.5 Å². The molecule has 0 bridgehead atoms. The quantitative estimate of drug-likeness (QED) is 0.0109. The summed E-state index contributed by atoms with van der Waals surface area (Å²) < 4.78 is 9.34. The normalized spacial score (nSPS) is 11.2. The molecule has 0 fully saturated rings. The number of rotatable bonds is 35. The number of hydrogen-bond donors (Lipinski definition) is 3. The van der Waals surface area contributed by atoms with Gasteiger partial charge in [-0.25, -0.2) is 18.5 Å². The Labute approximate surface area is 677 Å². The number of H-pyrrole nitrogens is 1. The maximum Gasteiger partial charge on any atom is 0.399 e. The molecule has 594 valence electrons. The number of amides is 3. The lowest BCUT2D eigenvalue weighted by molar-refractivity contribution is -0.159. The zero-order chi connectivity index (χ0) is 81.8. The van der Waals surface area contributed by atoms with E-state index in [9.17, 15) is 49.5 Å². The number of carboxylic acids is 2.